The zero-order valence-electron chi connectivity index (χ0n) is 13.9. The van der Waals surface area contributed by atoms with Gasteiger partial charge in [-0.15, -0.1) is 0 Å². The highest BCUT2D eigenvalue weighted by Gasteiger charge is 2.28. The molecule has 0 radical (unpaired) electrons. The topological polar surface area (TPSA) is 110 Å². The minimum Gasteiger partial charge on any atom is -0.497 e. The van der Waals surface area contributed by atoms with E-state index in [1.165, 1.54) is 6.20 Å². The fourth-order valence-corrected chi connectivity index (χ4v) is 2.28. The van der Waals surface area contributed by atoms with Crippen LogP contribution in [-0.2, 0) is 9.59 Å². The Kier molecular flexibility index (Phi) is 4.97. The van der Waals surface area contributed by atoms with Crippen LogP contribution in [0.1, 0.15) is 0 Å². The van der Waals surface area contributed by atoms with Crippen molar-refractivity contribution in [2.45, 2.75) is 0 Å². The van der Waals surface area contributed by atoms with E-state index in [1.807, 2.05) is 0 Å². The Balaban J connectivity index is 1.56. The van der Waals surface area contributed by atoms with Gasteiger partial charge in [0, 0.05) is 12.1 Å². The first kappa shape index (κ1) is 17.2. The van der Waals surface area contributed by atoms with E-state index in [9.17, 15) is 14.4 Å². The van der Waals surface area contributed by atoms with Crippen molar-refractivity contribution in [3.63, 3.8) is 0 Å². The molecule has 134 valence electrons. The second-order valence-electron chi connectivity index (χ2n) is 5.42. The van der Waals surface area contributed by atoms with Gasteiger partial charge in [-0.2, -0.15) is 0 Å². The van der Waals surface area contributed by atoms with Crippen molar-refractivity contribution in [1.82, 2.24) is 15.2 Å². The van der Waals surface area contributed by atoms with Crippen molar-refractivity contribution < 1.29 is 23.9 Å². The average molecular weight is 356 g/mol. The molecule has 1 saturated heterocycles. The molecule has 0 atom stereocenters. The Morgan fingerprint density at radius 2 is 2.08 bits per heavy atom. The number of anilines is 1. The summed E-state index contributed by atoms with van der Waals surface area (Å²) in [7, 11) is 1.57. The number of ether oxygens (including phenoxy) is 2. The van der Waals surface area contributed by atoms with Gasteiger partial charge in [-0.05, 0) is 18.2 Å². The van der Waals surface area contributed by atoms with Gasteiger partial charge in [0.25, 0.3) is 0 Å². The smallest absolute Gasteiger partial charge is 0.325 e. The summed E-state index contributed by atoms with van der Waals surface area (Å²) in [5, 5.41) is 4.71. The zero-order chi connectivity index (χ0) is 18.5. The molecule has 9 heteroatoms. The quantitative estimate of drug-likeness (QED) is 0.757. The largest absolute Gasteiger partial charge is 0.497 e. The second kappa shape index (κ2) is 7.51. The van der Waals surface area contributed by atoms with Gasteiger partial charge in [0.15, 0.2) is 0 Å². The number of imide groups is 1. The monoisotopic (exact) mass is 356 g/mol. The van der Waals surface area contributed by atoms with Crippen LogP contribution in [0.3, 0.4) is 0 Å². The van der Waals surface area contributed by atoms with Gasteiger partial charge in [-0.3, -0.25) is 14.9 Å². The summed E-state index contributed by atoms with van der Waals surface area (Å²) in [5.74, 6) is 0.719. The van der Waals surface area contributed by atoms with E-state index >= 15 is 0 Å². The molecule has 1 fully saturated rings. The fourth-order valence-electron chi connectivity index (χ4n) is 2.28. The summed E-state index contributed by atoms with van der Waals surface area (Å²) in [4.78, 5) is 39.7. The van der Waals surface area contributed by atoms with E-state index in [-0.39, 0.29) is 13.1 Å². The molecule has 3 rings (SSSR count). The lowest BCUT2D eigenvalue weighted by Crippen LogP contribution is -2.35. The second-order valence-corrected chi connectivity index (χ2v) is 5.42. The Morgan fingerprint density at radius 1 is 1.27 bits per heavy atom. The first-order valence-electron chi connectivity index (χ1n) is 7.70. The van der Waals surface area contributed by atoms with E-state index in [4.69, 9.17) is 9.47 Å². The maximum Gasteiger partial charge on any atom is 0.325 e. The number of amides is 4. The molecule has 0 bridgehead atoms. The number of nitrogens with zero attached hydrogens (tertiary/aromatic N) is 2. The van der Waals surface area contributed by atoms with Crippen LogP contribution in [0, 0.1) is 0 Å². The highest BCUT2D eigenvalue weighted by molar-refractivity contribution is 6.04. The summed E-state index contributed by atoms with van der Waals surface area (Å²) >= 11 is 0. The van der Waals surface area contributed by atoms with Crippen LogP contribution in [-0.4, -0.2) is 47.9 Å². The van der Waals surface area contributed by atoms with Crippen molar-refractivity contribution >= 4 is 23.5 Å². The summed E-state index contributed by atoms with van der Waals surface area (Å²) < 4.78 is 10.7. The minimum atomic E-state index is -0.578. The average Bonchev–Trinajstić information content (AvgIpc) is 2.94. The standard InChI is InChI=1S/C17H16N4O5/c1-25-12-3-2-4-13(7-12)26-16-6-5-11(8-18-16)19-14(22)9-21-10-15(23)20-17(21)24/h2-8H,9-10H2,1H3,(H,19,22)(H,20,23,24). The number of pyridine rings is 1. The predicted octanol–water partition coefficient (Wildman–Crippen LogP) is 1.37. The molecule has 1 aromatic carbocycles. The van der Waals surface area contributed by atoms with Crippen molar-refractivity contribution in [1.29, 1.82) is 0 Å². The Labute approximate surface area is 148 Å². The van der Waals surface area contributed by atoms with Crippen LogP contribution < -0.4 is 20.1 Å². The van der Waals surface area contributed by atoms with Gasteiger partial charge < -0.3 is 19.7 Å². The SMILES string of the molecule is COc1cccc(Oc2ccc(NC(=O)CN3CC(=O)NC3=O)cn2)c1. The van der Waals surface area contributed by atoms with Gasteiger partial charge in [0.2, 0.25) is 17.7 Å². The molecule has 4 amide bonds. The van der Waals surface area contributed by atoms with E-state index in [0.29, 0.717) is 23.1 Å². The summed E-state index contributed by atoms with van der Waals surface area (Å²) in [6.07, 6.45) is 1.43. The Morgan fingerprint density at radius 3 is 2.73 bits per heavy atom. The maximum absolute atomic E-state index is 12.0. The maximum atomic E-state index is 12.0. The zero-order valence-corrected chi connectivity index (χ0v) is 13.9. The molecule has 0 saturated carbocycles. The molecular weight excluding hydrogens is 340 g/mol. The van der Waals surface area contributed by atoms with Crippen LogP contribution in [0.4, 0.5) is 10.5 Å². The number of aromatic nitrogens is 1. The van der Waals surface area contributed by atoms with Crippen LogP contribution in [0.25, 0.3) is 0 Å². The normalized spacial score (nSPS) is 13.3. The van der Waals surface area contributed by atoms with Crippen molar-refractivity contribution in [2.75, 3.05) is 25.5 Å². The number of rotatable bonds is 6. The summed E-state index contributed by atoms with van der Waals surface area (Å²) in [5.41, 5.74) is 0.443. The first-order chi connectivity index (χ1) is 12.5. The van der Waals surface area contributed by atoms with Crippen molar-refractivity contribution in [3.8, 4) is 17.4 Å². The lowest BCUT2D eigenvalue weighted by Gasteiger charge is -2.13. The predicted molar refractivity (Wildman–Crippen MR) is 91.0 cm³/mol. The van der Waals surface area contributed by atoms with Crippen LogP contribution in [0.2, 0.25) is 0 Å². The first-order valence-corrected chi connectivity index (χ1v) is 7.70. The van der Waals surface area contributed by atoms with Crippen molar-refractivity contribution in [2.24, 2.45) is 0 Å². The molecule has 1 aliphatic rings. The van der Waals surface area contributed by atoms with Gasteiger partial charge in [0.1, 0.15) is 24.6 Å². The molecule has 0 aliphatic carbocycles. The molecule has 2 aromatic rings. The number of carbonyl (C=O) groups excluding carboxylic acids is 3. The highest BCUT2D eigenvalue weighted by Crippen LogP contribution is 2.24. The van der Waals surface area contributed by atoms with E-state index in [2.05, 4.69) is 15.6 Å². The number of benzene rings is 1. The van der Waals surface area contributed by atoms with Crippen LogP contribution in [0.5, 0.6) is 17.4 Å². The van der Waals surface area contributed by atoms with Gasteiger partial charge >= 0.3 is 6.03 Å². The van der Waals surface area contributed by atoms with Crippen molar-refractivity contribution in [3.05, 3.63) is 42.6 Å². The number of methoxy groups -OCH3 is 1. The number of nitrogens with one attached hydrogen (secondary N) is 2. The summed E-state index contributed by atoms with van der Waals surface area (Å²) in [6, 6.07) is 9.72. The van der Waals surface area contributed by atoms with E-state index in [0.717, 1.165) is 4.90 Å². The molecular formula is C17H16N4O5. The number of hydrogen-bond donors (Lipinski definition) is 2. The Hall–Kier alpha value is -3.62. The highest BCUT2D eigenvalue weighted by atomic mass is 16.5. The lowest BCUT2D eigenvalue weighted by atomic mass is 10.3. The molecule has 0 spiro atoms. The van der Waals surface area contributed by atoms with Crippen LogP contribution >= 0.6 is 0 Å². The molecule has 0 unspecified atom stereocenters. The van der Waals surface area contributed by atoms with Gasteiger partial charge in [-0.25, -0.2) is 9.78 Å². The van der Waals surface area contributed by atoms with Crippen LogP contribution in [0.15, 0.2) is 42.6 Å². The molecule has 1 aromatic heterocycles. The van der Waals surface area contributed by atoms with Gasteiger partial charge in [0.05, 0.1) is 19.0 Å². The number of carbonyl (C=O) groups is 3. The molecule has 1 aliphatic heterocycles. The minimum absolute atomic E-state index is 0.127. The third-order valence-electron chi connectivity index (χ3n) is 3.49. The van der Waals surface area contributed by atoms with Gasteiger partial charge in [-0.1, -0.05) is 6.07 Å². The third-order valence-corrected chi connectivity index (χ3v) is 3.49. The molecule has 9 nitrogen and oxygen atoms in total. The van der Waals surface area contributed by atoms with E-state index < -0.39 is 17.8 Å². The van der Waals surface area contributed by atoms with E-state index in [1.54, 1.807) is 43.5 Å². The molecule has 2 heterocycles. The Bertz CT molecular complexity index is 837. The fraction of sp³-hybridized carbons (Fsp3) is 0.176. The third kappa shape index (κ3) is 4.26. The molecule has 2 N–H and O–H groups in total. The summed E-state index contributed by atoms with van der Waals surface area (Å²) in [6.45, 7) is -0.350. The molecule has 26 heavy (non-hydrogen) atoms. The lowest BCUT2D eigenvalue weighted by molar-refractivity contribution is -0.119. The number of urea groups is 1. The number of hydrogen-bond acceptors (Lipinski definition) is 6.